The third-order valence-corrected chi connectivity index (χ3v) is 3.86. The van der Waals surface area contributed by atoms with Gasteiger partial charge in [-0.05, 0) is 24.3 Å². The van der Waals surface area contributed by atoms with E-state index in [1.165, 1.54) is 17.2 Å². The van der Waals surface area contributed by atoms with Gasteiger partial charge in [-0.3, -0.25) is 4.79 Å². The lowest BCUT2D eigenvalue weighted by Crippen LogP contribution is -2.25. The Kier molecular flexibility index (Phi) is 3.37. The molecule has 1 saturated heterocycles. The molecule has 3 heterocycles. The van der Waals surface area contributed by atoms with Crippen LogP contribution < -0.4 is 4.90 Å². The van der Waals surface area contributed by atoms with E-state index in [9.17, 15) is 13.6 Å². The van der Waals surface area contributed by atoms with Gasteiger partial charge in [0.15, 0.2) is 11.6 Å². The number of halogens is 2. The minimum Gasteiger partial charge on any atom is -0.459 e. The molecule has 0 radical (unpaired) electrons. The van der Waals surface area contributed by atoms with Crippen molar-refractivity contribution in [1.29, 1.82) is 0 Å². The number of rotatable bonds is 3. The predicted molar refractivity (Wildman–Crippen MR) is 78.1 cm³/mol. The first kappa shape index (κ1) is 14.6. The predicted octanol–water partition coefficient (Wildman–Crippen LogP) is 3.13. The van der Waals surface area contributed by atoms with Crippen molar-refractivity contribution >= 4 is 11.6 Å². The molecule has 3 aromatic rings. The molecule has 0 bridgehead atoms. The summed E-state index contributed by atoms with van der Waals surface area (Å²) in [6, 6.07) is 6.48. The fraction of sp³-hybridized carbons (Fsp3) is 0.188. The lowest BCUT2D eigenvalue weighted by Gasteiger charge is -2.16. The van der Waals surface area contributed by atoms with Crippen molar-refractivity contribution in [3.8, 4) is 11.7 Å². The van der Waals surface area contributed by atoms with E-state index in [1.807, 2.05) is 0 Å². The van der Waals surface area contributed by atoms with Gasteiger partial charge in [-0.15, -0.1) is 0 Å². The zero-order chi connectivity index (χ0) is 16.7. The van der Waals surface area contributed by atoms with E-state index in [2.05, 4.69) is 10.1 Å². The molecule has 1 fully saturated rings. The van der Waals surface area contributed by atoms with Gasteiger partial charge in [-0.25, -0.2) is 8.78 Å². The van der Waals surface area contributed by atoms with E-state index in [0.717, 1.165) is 12.1 Å². The fourth-order valence-electron chi connectivity index (χ4n) is 2.71. The van der Waals surface area contributed by atoms with Gasteiger partial charge in [0.1, 0.15) is 11.6 Å². The number of benzene rings is 1. The number of carbonyl (C=O) groups is 1. The summed E-state index contributed by atoms with van der Waals surface area (Å²) < 4.78 is 37.2. The molecule has 1 aliphatic heterocycles. The van der Waals surface area contributed by atoms with Crippen molar-refractivity contribution in [3.05, 3.63) is 54.1 Å². The average molecular weight is 331 g/mol. The maximum Gasteiger partial charge on any atom is 0.293 e. The Morgan fingerprint density at radius 2 is 2.12 bits per heavy atom. The maximum absolute atomic E-state index is 13.9. The topological polar surface area (TPSA) is 72.4 Å². The Morgan fingerprint density at radius 3 is 2.88 bits per heavy atom. The van der Waals surface area contributed by atoms with Gasteiger partial charge in [0, 0.05) is 24.9 Å². The van der Waals surface area contributed by atoms with Crippen LogP contribution in [0.15, 0.2) is 45.5 Å². The molecule has 4 rings (SSSR count). The van der Waals surface area contributed by atoms with Crippen LogP contribution in [0.4, 0.5) is 14.5 Å². The minimum atomic E-state index is -0.784. The molecule has 0 spiro atoms. The van der Waals surface area contributed by atoms with Crippen molar-refractivity contribution in [3.63, 3.8) is 0 Å². The molecular weight excluding hydrogens is 320 g/mol. The Morgan fingerprint density at radius 1 is 1.25 bits per heavy atom. The third-order valence-electron chi connectivity index (χ3n) is 3.86. The van der Waals surface area contributed by atoms with Gasteiger partial charge in [-0.2, -0.15) is 4.98 Å². The average Bonchev–Trinajstić information content (AvgIpc) is 3.27. The smallest absolute Gasteiger partial charge is 0.293 e. The highest BCUT2D eigenvalue weighted by Crippen LogP contribution is 2.33. The number of aromatic nitrogens is 2. The maximum atomic E-state index is 13.9. The van der Waals surface area contributed by atoms with E-state index < -0.39 is 11.6 Å². The SMILES string of the molecule is O=C1CC(c2noc(-c3ccco3)n2)CN1c1ccc(F)cc1F. The van der Waals surface area contributed by atoms with Crippen LogP contribution in [0.25, 0.3) is 11.7 Å². The number of hydrogen-bond acceptors (Lipinski definition) is 5. The van der Waals surface area contributed by atoms with Crippen molar-refractivity contribution in [2.75, 3.05) is 11.4 Å². The van der Waals surface area contributed by atoms with E-state index in [4.69, 9.17) is 8.94 Å². The summed E-state index contributed by atoms with van der Waals surface area (Å²) in [6.45, 7) is 0.193. The van der Waals surface area contributed by atoms with Gasteiger partial charge in [0.25, 0.3) is 5.89 Å². The molecule has 1 aromatic carbocycles. The van der Waals surface area contributed by atoms with Crippen molar-refractivity contribution in [2.45, 2.75) is 12.3 Å². The lowest BCUT2D eigenvalue weighted by molar-refractivity contribution is -0.117. The number of nitrogens with zero attached hydrogens (tertiary/aromatic N) is 3. The molecule has 0 saturated carbocycles. The van der Waals surface area contributed by atoms with Gasteiger partial charge >= 0.3 is 0 Å². The number of anilines is 1. The first-order valence-corrected chi connectivity index (χ1v) is 7.24. The van der Waals surface area contributed by atoms with Crippen LogP contribution >= 0.6 is 0 Å². The molecule has 8 heteroatoms. The summed E-state index contributed by atoms with van der Waals surface area (Å²) in [5, 5.41) is 3.87. The first-order chi connectivity index (χ1) is 11.6. The van der Waals surface area contributed by atoms with E-state index in [1.54, 1.807) is 12.1 Å². The van der Waals surface area contributed by atoms with Gasteiger partial charge in [0.2, 0.25) is 5.91 Å². The normalized spacial score (nSPS) is 17.7. The molecule has 6 nitrogen and oxygen atoms in total. The summed E-state index contributed by atoms with van der Waals surface area (Å²) in [6.07, 6.45) is 1.60. The zero-order valence-corrected chi connectivity index (χ0v) is 12.3. The van der Waals surface area contributed by atoms with Gasteiger partial charge in [0.05, 0.1) is 12.0 Å². The lowest BCUT2D eigenvalue weighted by atomic mass is 10.1. The van der Waals surface area contributed by atoms with Crippen LogP contribution in [0.3, 0.4) is 0 Å². The molecule has 1 amide bonds. The fourth-order valence-corrected chi connectivity index (χ4v) is 2.71. The van der Waals surface area contributed by atoms with Crippen molar-refractivity contribution in [1.82, 2.24) is 10.1 Å². The Bertz CT molecular complexity index is 892. The molecule has 1 unspecified atom stereocenters. The van der Waals surface area contributed by atoms with Crippen LogP contribution in [-0.2, 0) is 4.79 Å². The highest BCUT2D eigenvalue weighted by atomic mass is 19.1. The Labute approximate surface area is 134 Å². The van der Waals surface area contributed by atoms with Gasteiger partial charge in [-0.1, -0.05) is 5.16 Å². The minimum absolute atomic E-state index is 0.0404. The Hall–Kier alpha value is -3.03. The summed E-state index contributed by atoms with van der Waals surface area (Å²) >= 11 is 0. The molecule has 0 N–H and O–H groups in total. The quantitative estimate of drug-likeness (QED) is 0.737. The second kappa shape index (κ2) is 5.55. The first-order valence-electron chi connectivity index (χ1n) is 7.24. The van der Waals surface area contributed by atoms with Crippen LogP contribution in [-0.4, -0.2) is 22.6 Å². The Balaban J connectivity index is 1.58. The summed E-state index contributed by atoms with van der Waals surface area (Å²) in [5.41, 5.74) is 0.0404. The number of amides is 1. The van der Waals surface area contributed by atoms with Crippen molar-refractivity contribution < 1.29 is 22.5 Å². The second-order valence-corrected chi connectivity index (χ2v) is 5.44. The molecule has 122 valence electrons. The summed E-state index contributed by atoms with van der Waals surface area (Å²) in [4.78, 5) is 17.7. The largest absolute Gasteiger partial charge is 0.459 e. The number of furan rings is 1. The molecule has 1 atom stereocenters. The van der Waals surface area contributed by atoms with Crippen LogP contribution in [0.2, 0.25) is 0 Å². The molecule has 1 aliphatic rings. The van der Waals surface area contributed by atoms with E-state index >= 15 is 0 Å². The highest BCUT2D eigenvalue weighted by molar-refractivity contribution is 5.96. The molecule has 24 heavy (non-hydrogen) atoms. The number of carbonyl (C=O) groups excluding carboxylic acids is 1. The molecular formula is C16H11F2N3O3. The second-order valence-electron chi connectivity index (χ2n) is 5.44. The molecule has 2 aromatic heterocycles. The van der Waals surface area contributed by atoms with Crippen LogP contribution in [0.5, 0.6) is 0 Å². The van der Waals surface area contributed by atoms with Gasteiger partial charge < -0.3 is 13.8 Å². The van der Waals surface area contributed by atoms with E-state index in [-0.39, 0.29) is 36.4 Å². The molecule has 0 aliphatic carbocycles. The van der Waals surface area contributed by atoms with E-state index in [0.29, 0.717) is 11.6 Å². The summed E-state index contributed by atoms with van der Waals surface area (Å²) in [5.74, 6) is -1.11. The standard InChI is InChI=1S/C16H11F2N3O3/c17-10-3-4-12(11(18)7-10)21-8-9(6-14(21)22)15-19-16(24-20-15)13-2-1-5-23-13/h1-5,7,9H,6,8H2. The monoisotopic (exact) mass is 331 g/mol. The third kappa shape index (κ3) is 2.45. The van der Waals surface area contributed by atoms with Crippen LogP contribution in [0, 0.1) is 11.6 Å². The highest BCUT2D eigenvalue weighted by Gasteiger charge is 2.36. The van der Waals surface area contributed by atoms with Crippen LogP contribution in [0.1, 0.15) is 18.2 Å². The number of hydrogen-bond donors (Lipinski definition) is 0. The van der Waals surface area contributed by atoms with Crippen molar-refractivity contribution in [2.24, 2.45) is 0 Å². The zero-order valence-electron chi connectivity index (χ0n) is 12.3. The summed E-state index contributed by atoms with van der Waals surface area (Å²) in [7, 11) is 0.